The number of halogens is 4. The summed E-state index contributed by atoms with van der Waals surface area (Å²) in [7, 11) is 0. The third kappa shape index (κ3) is 2.77. The van der Waals surface area contributed by atoms with Gasteiger partial charge < -0.3 is 5.11 Å². The molecule has 0 saturated carbocycles. The molecule has 0 aromatic heterocycles. The van der Waals surface area contributed by atoms with Gasteiger partial charge in [0.15, 0.2) is 5.78 Å². The molecule has 0 heterocycles. The largest absolute Gasteiger partial charge is 0.507 e. The Balaban J connectivity index is 2.57. The van der Waals surface area contributed by atoms with Crippen LogP contribution in [0, 0.1) is 0 Å². The summed E-state index contributed by atoms with van der Waals surface area (Å²) < 4.78 is 38.6. The van der Waals surface area contributed by atoms with E-state index in [1.807, 2.05) is 0 Å². The van der Waals surface area contributed by atoms with Gasteiger partial charge in [-0.3, -0.25) is 4.79 Å². The Bertz CT molecular complexity index is 666. The lowest BCUT2D eigenvalue weighted by atomic mass is 9.97. The van der Waals surface area contributed by atoms with E-state index < -0.39 is 28.8 Å². The van der Waals surface area contributed by atoms with Crippen LogP contribution in [0.5, 0.6) is 5.75 Å². The van der Waals surface area contributed by atoms with Crippen LogP contribution in [0.15, 0.2) is 42.5 Å². The van der Waals surface area contributed by atoms with Crippen LogP contribution in [0.1, 0.15) is 21.5 Å². The summed E-state index contributed by atoms with van der Waals surface area (Å²) in [5.74, 6) is -1.35. The first-order valence-electron chi connectivity index (χ1n) is 5.50. The van der Waals surface area contributed by atoms with E-state index in [0.29, 0.717) is 0 Å². The monoisotopic (exact) mass is 300 g/mol. The van der Waals surface area contributed by atoms with Crippen molar-refractivity contribution < 1.29 is 23.1 Å². The maximum Gasteiger partial charge on any atom is 0.417 e. The average molecular weight is 301 g/mol. The van der Waals surface area contributed by atoms with E-state index in [0.717, 1.165) is 24.3 Å². The second-order valence-corrected chi connectivity index (χ2v) is 4.47. The predicted molar refractivity (Wildman–Crippen MR) is 68.0 cm³/mol. The first-order chi connectivity index (χ1) is 9.30. The molecular weight excluding hydrogens is 293 g/mol. The predicted octanol–water partition coefficient (Wildman–Crippen LogP) is 4.30. The molecule has 0 radical (unpaired) electrons. The Kier molecular flexibility index (Phi) is 3.72. The molecule has 0 amide bonds. The first kappa shape index (κ1) is 14.4. The molecule has 0 atom stereocenters. The molecule has 2 aromatic carbocycles. The molecule has 0 aliphatic carbocycles. The minimum Gasteiger partial charge on any atom is -0.507 e. The van der Waals surface area contributed by atoms with Crippen molar-refractivity contribution in [1.82, 2.24) is 0 Å². The van der Waals surface area contributed by atoms with Crippen molar-refractivity contribution in [1.29, 1.82) is 0 Å². The highest BCUT2D eigenvalue weighted by molar-refractivity contribution is 6.31. The normalized spacial score (nSPS) is 11.4. The van der Waals surface area contributed by atoms with Gasteiger partial charge in [0, 0.05) is 10.6 Å². The topological polar surface area (TPSA) is 37.3 Å². The number of phenolic OH excluding ortho intramolecular Hbond substituents is 1. The van der Waals surface area contributed by atoms with E-state index in [1.165, 1.54) is 18.2 Å². The van der Waals surface area contributed by atoms with Crippen molar-refractivity contribution in [3.05, 3.63) is 64.2 Å². The number of carbonyl (C=O) groups excluding carboxylic acids is 1. The quantitative estimate of drug-likeness (QED) is 0.840. The van der Waals surface area contributed by atoms with Crippen LogP contribution in [-0.4, -0.2) is 10.9 Å². The van der Waals surface area contributed by atoms with Crippen LogP contribution in [0.2, 0.25) is 5.02 Å². The van der Waals surface area contributed by atoms with Gasteiger partial charge in [0.1, 0.15) is 5.75 Å². The molecule has 1 N–H and O–H groups in total. The molecule has 0 spiro atoms. The fraction of sp³-hybridized carbons (Fsp3) is 0.0714. The van der Waals surface area contributed by atoms with Gasteiger partial charge in [-0.2, -0.15) is 13.2 Å². The molecule has 0 bridgehead atoms. The smallest absolute Gasteiger partial charge is 0.417 e. The Morgan fingerprint density at radius 2 is 1.70 bits per heavy atom. The highest BCUT2D eigenvalue weighted by atomic mass is 35.5. The zero-order valence-electron chi connectivity index (χ0n) is 9.91. The van der Waals surface area contributed by atoms with E-state index in [1.54, 1.807) is 0 Å². The average Bonchev–Trinajstić information content (AvgIpc) is 2.40. The van der Waals surface area contributed by atoms with Crippen LogP contribution >= 0.6 is 11.6 Å². The van der Waals surface area contributed by atoms with E-state index in [9.17, 15) is 23.1 Å². The lowest BCUT2D eigenvalue weighted by molar-refractivity contribution is -0.137. The van der Waals surface area contributed by atoms with Crippen LogP contribution in [-0.2, 0) is 6.18 Å². The van der Waals surface area contributed by atoms with E-state index >= 15 is 0 Å². The van der Waals surface area contributed by atoms with Gasteiger partial charge in [-0.05, 0) is 24.3 Å². The fourth-order valence-electron chi connectivity index (χ4n) is 1.76. The molecule has 6 heteroatoms. The number of phenols is 1. The third-order valence-corrected chi connectivity index (χ3v) is 2.92. The van der Waals surface area contributed by atoms with Gasteiger partial charge >= 0.3 is 6.18 Å². The molecule has 104 valence electrons. The van der Waals surface area contributed by atoms with Crippen LogP contribution < -0.4 is 0 Å². The summed E-state index contributed by atoms with van der Waals surface area (Å²) in [5, 5.41) is 9.75. The SMILES string of the molecule is O=C(c1cc(Cl)ccc1O)c1ccccc1C(F)(F)F. The molecule has 2 rings (SSSR count). The molecular formula is C14H8ClF3O2. The lowest BCUT2D eigenvalue weighted by Gasteiger charge is -2.12. The highest BCUT2D eigenvalue weighted by Gasteiger charge is 2.35. The summed E-state index contributed by atoms with van der Waals surface area (Å²) in [6.07, 6.45) is -4.65. The zero-order valence-corrected chi connectivity index (χ0v) is 10.7. The van der Waals surface area contributed by atoms with Crippen molar-refractivity contribution in [2.75, 3.05) is 0 Å². The maximum atomic E-state index is 12.9. The van der Waals surface area contributed by atoms with E-state index in [2.05, 4.69) is 0 Å². The van der Waals surface area contributed by atoms with Crippen molar-refractivity contribution >= 4 is 17.4 Å². The van der Waals surface area contributed by atoms with Gasteiger partial charge in [0.05, 0.1) is 11.1 Å². The number of ketones is 1. The van der Waals surface area contributed by atoms with Crippen molar-refractivity contribution in [2.24, 2.45) is 0 Å². The van der Waals surface area contributed by atoms with Crippen LogP contribution in [0.25, 0.3) is 0 Å². The second kappa shape index (κ2) is 5.17. The molecule has 2 aromatic rings. The Hall–Kier alpha value is -2.01. The summed E-state index contributed by atoms with van der Waals surface area (Å²) in [4.78, 5) is 12.2. The Morgan fingerprint density at radius 1 is 1.05 bits per heavy atom. The summed E-state index contributed by atoms with van der Waals surface area (Å²) >= 11 is 5.69. The second-order valence-electron chi connectivity index (χ2n) is 4.03. The fourth-order valence-corrected chi connectivity index (χ4v) is 1.94. The van der Waals surface area contributed by atoms with E-state index in [4.69, 9.17) is 11.6 Å². The summed E-state index contributed by atoms with van der Waals surface area (Å²) in [6.45, 7) is 0. The highest BCUT2D eigenvalue weighted by Crippen LogP contribution is 2.34. The van der Waals surface area contributed by atoms with E-state index in [-0.39, 0.29) is 10.6 Å². The number of aromatic hydroxyl groups is 1. The lowest BCUT2D eigenvalue weighted by Crippen LogP contribution is -2.13. The zero-order chi connectivity index (χ0) is 14.9. The molecule has 0 fully saturated rings. The number of carbonyl (C=O) groups is 1. The van der Waals surface area contributed by atoms with Gasteiger partial charge in [-0.15, -0.1) is 0 Å². The number of hydrogen-bond donors (Lipinski definition) is 1. The summed E-state index contributed by atoms with van der Waals surface area (Å²) in [5.41, 5.74) is -1.85. The van der Waals surface area contributed by atoms with Gasteiger partial charge in [0.25, 0.3) is 0 Å². The summed E-state index contributed by atoms with van der Waals surface area (Å²) in [6, 6.07) is 8.02. The van der Waals surface area contributed by atoms with Crippen molar-refractivity contribution in [3.8, 4) is 5.75 Å². The third-order valence-electron chi connectivity index (χ3n) is 2.68. The molecule has 0 saturated heterocycles. The number of rotatable bonds is 2. The number of alkyl halides is 3. The Labute approximate surface area is 117 Å². The molecule has 2 nitrogen and oxygen atoms in total. The van der Waals surface area contributed by atoms with Gasteiger partial charge in [-0.1, -0.05) is 29.8 Å². The van der Waals surface area contributed by atoms with Crippen molar-refractivity contribution in [2.45, 2.75) is 6.18 Å². The molecule has 0 aliphatic heterocycles. The van der Waals surface area contributed by atoms with Gasteiger partial charge in [-0.25, -0.2) is 0 Å². The molecule has 0 aliphatic rings. The Morgan fingerprint density at radius 3 is 2.35 bits per heavy atom. The van der Waals surface area contributed by atoms with Crippen LogP contribution in [0.3, 0.4) is 0 Å². The molecule has 0 unspecified atom stereocenters. The molecule has 20 heavy (non-hydrogen) atoms. The minimum atomic E-state index is -4.65. The number of benzene rings is 2. The first-order valence-corrected chi connectivity index (χ1v) is 5.88. The minimum absolute atomic E-state index is 0.149. The standard InChI is InChI=1S/C14H8ClF3O2/c15-8-5-6-12(19)10(7-8)13(20)9-3-1-2-4-11(9)14(16,17)18/h1-7,19H. The number of hydrogen-bond acceptors (Lipinski definition) is 2. The van der Waals surface area contributed by atoms with Crippen LogP contribution in [0.4, 0.5) is 13.2 Å². The van der Waals surface area contributed by atoms with Crippen molar-refractivity contribution in [3.63, 3.8) is 0 Å². The van der Waals surface area contributed by atoms with Gasteiger partial charge in [0.2, 0.25) is 0 Å². The maximum absolute atomic E-state index is 12.9.